The molecule has 0 heterocycles. The molecule has 0 spiro atoms. The average Bonchev–Trinajstić information content (AvgIpc) is 3.03. The zero-order chi connectivity index (χ0) is 36.3. The number of hydrogen-bond donors (Lipinski definition) is 0. The molecule has 0 aliphatic heterocycles. The van der Waals surface area contributed by atoms with Crippen LogP contribution in [0.2, 0.25) is 19.6 Å². The van der Waals surface area contributed by atoms with Crippen molar-refractivity contribution in [3.8, 4) is 0 Å². The van der Waals surface area contributed by atoms with Crippen LogP contribution in [0.25, 0.3) is 0 Å². The highest BCUT2D eigenvalue weighted by molar-refractivity contribution is 6.69. The Balaban J connectivity index is 3.15. The highest BCUT2D eigenvalue weighted by atomic mass is 28.4. The lowest BCUT2D eigenvalue weighted by Gasteiger charge is -2.24. The predicted molar refractivity (Wildman–Crippen MR) is 187 cm³/mol. The minimum atomic E-state index is -1.46. The molecule has 16 heteroatoms. The van der Waals surface area contributed by atoms with E-state index in [4.69, 9.17) is 61.3 Å². The molecule has 0 N–H and O–H groups in total. The first-order valence-corrected chi connectivity index (χ1v) is 20.9. The molecule has 0 atom stereocenters. The summed E-state index contributed by atoms with van der Waals surface area (Å²) in [6.07, 6.45) is -0.364. The molecule has 0 bridgehead atoms. The molecule has 0 saturated carbocycles. The molecule has 0 radical (unpaired) electrons. The van der Waals surface area contributed by atoms with Gasteiger partial charge in [-0.1, -0.05) is 0 Å². The Hall–Kier alpha value is -0.993. The fourth-order valence-electron chi connectivity index (χ4n) is 3.34. The van der Waals surface area contributed by atoms with E-state index in [1.165, 1.54) is 4.90 Å². The van der Waals surface area contributed by atoms with Crippen molar-refractivity contribution < 1.29 is 66.1 Å². The molecule has 49 heavy (non-hydrogen) atoms. The smallest absolute Gasteiger partial charge is 0.410 e. The summed E-state index contributed by atoms with van der Waals surface area (Å²) in [5.74, 6) is 0. The average molecular weight is 732 g/mol. The van der Waals surface area contributed by atoms with Crippen LogP contribution in [0.3, 0.4) is 0 Å². The third kappa shape index (κ3) is 41.3. The molecule has 0 saturated heterocycles. The van der Waals surface area contributed by atoms with Crippen LogP contribution in [0.5, 0.6) is 0 Å². The van der Waals surface area contributed by atoms with Gasteiger partial charge in [-0.3, -0.25) is 0 Å². The molecule has 294 valence electrons. The summed E-state index contributed by atoms with van der Waals surface area (Å²) in [5, 5.41) is 0. The van der Waals surface area contributed by atoms with Crippen LogP contribution < -0.4 is 0 Å². The van der Waals surface area contributed by atoms with Gasteiger partial charge in [0.15, 0.2) is 8.32 Å². The van der Waals surface area contributed by atoms with Crippen molar-refractivity contribution in [3.05, 3.63) is 0 Å². The number of ether oxygens (including phenoxy) is 12. The van der Waals surface area contributed by atoms with Gasteiger partial charge in [-0.15, -0.1) is 0 Å². The van der Waals surface area contributed by atoms with Crippen LogP contribution in [0.15, 0.2) is 0 Å². The Labute approximate surface area is 296 Å². The van der Waals surface area contributed by atoms with Gasteiger partial charge in [0.25, 0.3) is 0 Å². The molecule has 0 aliphatic carbocycles. The maximum atomic E-state index is 11.9. The predicted octanol–water partition coefficient (Wildman–Crippen LogP) is 2.89. The SMILES string of the molecule is CN(CCOCCOCCOCCOCCOCCOCCOCCOCCOCCOCCOCCO[Si](C)(C)C)C(=O)OC(C)(C)C. The lowest BCUT2D eigenvalue weighted by atomic mass is 10.2. The largest absolute Gasteiger partial charge is 0.444 e. The van der Waals surface area contributed by atoms with Crippen LogP contribution in [0.1, 0.15) is 20.8 Å². The minimum Gasteiger partial charge on any atom is -0.444 e. The lowest BCUT2D eigenvalue weighted by Crippen LogP contribution is -2.36. The Bertz CT molecular complexity index is 712. The zero-order valence-electron chi connectivity index (χ0n) is 31.6. The third-order valence-corrected chi connectivity index (χ3v) is 6.83. The lowest BCUT2D eigenvalue weighted by molar-refractivity contribution is -0.0279. The van der Waals surface area contributed by atoms with Crippen molar-refractivity contribution in [2.45, 2.75) is 46.0 Å². The van der Waals surface area contributed by atoms with E-state index >= 15 is 0 Å². The Kier molecular flexibility index (Phi) is 33.4. The second kappa shape index (κ2) is 34.1. The Morgan fingerprint density at radius 1 is 0.429 bits per heavy atom. The van der Waals surface area contributed by atoms with E-state index in [-0.39, 0.29) is 6.09 Å². The van der Waals surface area contributed by atoms with Gasteiger partial charge in [0.1, 0.15) is 5.60 Å². The van der Waals surface area contributed by atoms with E-state index in [1.54, 1.807) is 7.05 Å². The number of amides is 1. The number of carbonyl (C=O) groups is 1. The summed E-state index contributed by atoms with van der Waals surface area (Å²) in [5.41, 5.74) is -0.510. The fraction of sp³-hybridized carbons (Fsp3) is 0.970. The monoisotopic (exact) mass is 731 g/mol. The van der Waals surface area contributed by atoms with Crippen molar-refractivity contribution in [1.82, 2.24) is 4.90 Å². The molecule has 0 rings (SSSR count). The van der Waals surface area contributed by atoms with Gasteiger partial charge in [0.2, 0.25) is 0 Å². The molecule has 0 aromatic rings. The Morgan fingerprint density at radius 3 is 0.878 bits per heavy atom. The molecule has 1 amide bonds. The fourth-order valence-corrected chi connectivity index (χ4v) is 4.04. The summed E-state index contributed by atoms with van der Waals surface area (Å²) >= 11 is 0. The number of carbonyl (C=O) groups excluding carboxylic acids is 1. The van der Waals surface area contributed by atoms with E-state index in [0.717, 1.165) is 0 Å². The molecule has 0 aromatic carbocycles. The minimum absolute atomic E-state index is 0.364. The van der Waals surface area contributed by atoms with Crippen molar-refractivity contribution >= 4 is 14.4 Å². The van der Waals surface area contributed by atoms with Gasteiger partial charge >= 0.3 is 6.09 Å². The number of hydrogen-bond acceptors (Lipinski definition) is 14. The quantitative estimate of drug-likeness (QED) is 0.0683. The normalized spacial score (nSPS) is 12.1. The van der Waals surface area contributed by atoms with Gasteiger partial charge in [-0.05, 0) is 40.4 Å². The van der Waals surface area contributed by atoms with E-state index < -0.39 is 13.9 Å². The summed E-state index contributed by atoms with van der Waals surface area (Å²) in [6, 6.07) is 0. The van der Waals surface area contributed by atoms with Gasteiger partial charge in [0.05, 0.1) is 152 Å². The summed E-state index contributed by atoms with van der Waals surface area (Å²) in [6.45, 7) is 24.1. The first-order chi connectivity index (χ1) is 23.5. The second-order valence-electron chi connectivity index (χ2n) is 12.6. The molecule has 15 nitrogen and oxygen atoms in total. The number of likely N-dealkylation sites (N-methyl/N-ethyl adjacent to an activating group) is 1. The van der Waals surface area contributed by atoms with Crippen molar-refractivity contribution in [3.63, 3.8) is 0 Å². The zero-order valence-corrected chi connectivity index (χ0v) is 32.6. The first kappa shape index (κ1) is 48.0. The van der Waals surface area contributed by atoms with E-state index in [1.807, 2.05) is 20.8 Å². The maximum absolute atomic E-state index is 11.9. The van der Waals surface area contributed by atoms with Gasteiger partial charge in [0, 0.05) is 13.6 Å². The van der Waals surface area contributed by atoms with Crippen LogP contribution in [-0.2, 0) is 61.3 Å². The molecule has 0 unspecified atom stereocenters. The highest BCUT2D eigenvalue weighted by Gasteiger charge is 2.19. The first-order valence-electron chi connectivity index (χ1n) is 17.4. The topological polar surface area (TPSA) is 140 Å². The number of rotatable bonds is 37. The van der Waals surface area contributed by atoms with Gasteiger partial charge < -0.3 is 66.2 Å². The van der Waals surface area contributed by atoms with Crippen LogP contribution in [-0.4, -0.2) is 190 Å². The van der Waals surface area contributed by atoms with E-state index in [2.05, 4.69) is 19.6 Å². The summed E-state index contributed by atoms with van der Waals surface area (Å²) in [4.78, 5) is 13.3. The molecule has 0 aromatic heterocycles. The summed E-state index contributed by atoms with van der Waals surface area (Å²) < 4.78 is 71.3. The van der Waals surface area contributed by atoms with Crippen LogP contribution in [0, 0.1) is 0 Å². The highest BCUT2D eigenvalue weighted by Crippen LogP contribution is 2.08. The molecule has 0 fully saturated rings. The second-order valence-corrected chi connectivity index (χ2v) is 17.1. The Morgan fingerprint density at radius 2 is 0.653 bits per heavy atom. The number of nitrogens with zero attached hydrogens (tertiary/aromatic N) is 1. The van der Waals surface area contributed by atoms with Crippen LogP contribution >= 0.6 is 0 Å². The molecule has 0 aliphatic rings. The van der Waals surface area contributed by atoms with Crippen LogP contribution in [0.4, 0.5) is 4.79 Å². The third-order valence-electron chi connectivity index (χ3n) is 5.76. The molecular weight excluding hydrogens is 662 g/mol. The maximum Gasteiger partial charge on any atom is 0.410 e. The van der Waals surface area contributed by atoms with Crippen molar-refractivity contribution in [2.24, 2.45) is 0 Å². The van der Waals surface area contributed by atoms with Gasteiger partial charge in [-0.25, -0.2) is 4.79 Å². The van der Waals surface area contributed by atoms with E-state index in [9.17, 15) is 4.79 Å². The molecular formula is C33H69NO14Si. The van der Waals surface area contributed by atoms with Crippen molar-refractivity contribution in [1.29, 1.82) is 0 Å². The summed E-state index contributed by atoms with van der Waals surface area (Å²) in [7, 11) is 0.226. The van der Waals surface area contributed by atoms with Gasteiger partial charge in [-0.2, -0.15) is 0 Å². The van der Waals surface area contributed by atoms with Crippen molar-refractivity contribution in [2.75, 3.05) is 166 Å². The standard InChI is InChI=1S/C33H69NO14Si/c1-33(2,3)48-32(35)34(4)8-9-36-10-11-37-12-13-38-14-15-39-16-17-40-18-19-41-20-21-42-22-23-43-24-25-44-26-27-45-28-29-46-30-31-47-49(5,6)7/h8-31H2,1-7H3. The van der Waals surface area contributed by atoms with E-state index in [0.29, 0.717) is 159 Å².